The van der Waals surface area contributed by atoms with Crippen molar-refractivity contribution in [2.24, 2.45) is 0 Å². The number of benzene rings is 2. The molecule has 1 atom stereocenters. The van der Waals surface area contributed by atoms with E-state index in [1.807, 2.05) is 6.07 Å². The topological polar surface area (TPSA) is 88.4 Å². The van der Waals surface area contributed by atoms with Crippen LogP contribution in [0.4, 0.5) is 5.69 Å². The van der Waals surface area contributed by atoms with Crippen LogP contribution in [0.15, 0.2) is 42.5 Å². The average molecular weight is 373 g/mol. The molecule has 134 valence electrons. The minimum absolute atomic E-state index is 0.251. The molecule has 0 fully saturated rings. The lowest BCUT2D eigenvalue weighted by molar-refractivity contribution is -0.122. The van der Waals surface area contributed by atoms with Crippen molar-refractivity contribution in [3.05, 3.63) is 58.6 Å². The smallest absolute Gasteiger partial charge is 0.338 e. The quantitative estimate of drug-likeness (QED) is 0.779. The van der Waals surface area contributed by atoms with Crippen LogP contribution in [0.5, 0.6) is 5.75 Å². The SMILES string of the molecule is CCOC(=O)c1cccc(O[C@@H](C)C(=O)Nc2ccc(C#N)c(Cl)c2)c1. The van der Waals surface area contributed by atoms with E-state index in [4.69, 9.17) is 26.3 Å². The standard InChI is InChI=1S/C19H17ClN2O4/c1-3-25-19(24)13-5-4-6-16(9-13)26-12(2)18(23)22-15-8-7-14(11-21)17(20)10-15/h4-10,12H,3H2,1-2H3,(H,22,23)/t12-/m0/s1. The van der Waals surface area contributed by atoms with Gasteiger partial charge in [-0.25, -0.2) is 4.79 Å². The first-order chi connectivity index (χ1) is 12.4. The van der Waals surface area contributed by atoms with Crippen molar-refractivity contribution in [3.63, 3.8) is 0 Å². The number of halogens is 1. The van der Waals surface area contributed by atoms with Gasteiger partial charge in [0.25, 0.3) is 5.91 Å². The number of carbonyl (C=O) groups is 2. The van der Waals surface area contributed by atoms with E-state index in [-0.39, 0.29) is 11.6 Å². The van der Waals surface area contributed by atoms with Crippen molar-refractivity contribution in [1.29, 1.82) is 5.26 Å². The minimum Gasteiger partial charge on any atom is -0.481 e. The summed E-state index contributed by atoms with van der Waals surface area (Å²) in [6.45, 7) is 3.58. The first kappa shape index (κ1) is 19.3. The van der Waals surface area contributed by atoms with Crippen LogP contribution in [0.2, 0.25) is 5.02 Å². The van der Waals surface area contributed by atoms with E-state index >= 15 is 0 Å². The Morgan fingerprint density at radius 1 is 1.27 bits per heavy atom. The second-order valence-electron chi connectivity index (χ2n) is 5.30. The molecule has 2 aromatic carbocycles. The number of ether oxygens (including phenoxy) is 2. The lowest BCUT2D eigenvalue weighted by atomic mass is 10.2. The normalized spacial score (nSPS) is 11.2. The van der Waals surface area contributed by atoms with E-state index in [2.05, 4.69) is 5.32 Å². The molecule has 7 heteroatoms. The maximum atomic E-state index is 12.3. The highest BCUT2D eigenvalue weighted by Crippen LogP contribution is 2.21. The molecule has 0 aliphatic rings. The zero-order valence-corrected chi connectivity index (χ0v) is 15.0. The van der Waals surface area contributed by atoms with Gasteiger partial charge in [0, 0.05) is 5.69 Å². The van der Waals surface area contributed by atoms with Crippen molar-refractivity contribution in [2.75, 3.05) is 11.9 Å². The zero-order valence-electron chi connectivity index (χ0n) is 14.3. The van der Waals surface area contributed by atoms with Crippen molar-refractivity contribution < 1.29 is 19.1 Å². The summed E-state index contributed by atoms with van der Waals surface area (Å²) in [5, 5.41) is 11.8. The third-order valence-electron chi connectivity index (χ3n) is 3.38. The summed E-state index contributed by atoms with van der Waals surface area (Å²) in [4.78, 5) is 24.0. The number of carbonyl (C=O) groups excluding carboxylic acids is 2. The van der Waals surface area contributed by atoms with E-state index in [1.165, 1.54) is 18.2 Å². The fourth-order valence-electron chi connectivity index (χ4n) is 2.10. The fourth-order valence-corrected chi connectivity index (χ4v) is 2.32. The van der Waals surface area contributed by atoms with Gasteiger partial charge in [-0.2, -0.15) is 5.26 Å². The van der Waals surface area contributed by atoms with Gasteiger partial charge in [0.1, 0.15) is 11.8 Å². The molecule has 0 aliphatic carbocycles. The van der Waals surface area contributed by atoms with Crippen molar-refractivity contribution >= 4 is 29.2 Å². The molecular weight excluding hydrogens is 356 g/mol. The van der Waals surface area contributed by atoms with Crippen LogP contribution in [0, 0.1) is 11.3 Å². The fraction of sp³-hybridized carbons (Fsp3) is 0.211. The summed E-state index contributed by atoms with van der Waals surface area (Å²) in [6.07, 6.45) is -0.818. The van der Waals surface area contributed by atoms with Gasteiger partial charge in [-0.05, 0) is 50.2 Å². The van der Waals surface area contributed by atoms with Crippen LogP contribution in [0.25, 0.3) is 0 Å². The van der Waals surface area contributed by atoms with E-state index in [0.717, 1.165) is 0 Å². The third-order valence-corrected chi connectivity index (χ3v) is 3.70. The molecule has 0 spiro atoms. The van der Waals surface area contributed by atoms with Gasteiger partial charge >= 0.3 is 5.97 Å². The maximum Gasteiger partial charge on any atom is 0.338 e. The summed E-state index contributed by atoms with van der Waals surface area (Å²) in [5.41, 5.74) is 1.12. The molecule has 2 rings (SSSR count). The highest BCUT2D eigenvalue weighted by Gasteiger charge is 2.16. The van der Waals surface area contributed by atoms with Gasteiger partial charge in [0.05, 0.1) is 22.8 Å². The summed E-state index contributed by atoms with van der Waals surface area (Å²) >= 11 is 5.95. The summed E-state index contributed by atoms with van der Waals surface area (Å²) in [5.74, 6) is -0.481. The largest absolute Gasteiger partial charge is 0.481 e. The number of anilines is 1. The van der Waals surface area contributed by atoms with Gasteiger partial charge in [-0.3, -0.25) is 4.79 Å². The molecular formula is C19H17ClN2O4. The number of amides is 1. The Morgan fingerprint density at radius 3 is 2.69 bits per heavy atom. The molecule has 0 radical (unpaired) electrons. The highest BCUT2D eigenvalue weighted by atomic mass is 35.5. The molecule has 0 aliphatic heterocycles. The van der Waals surface area contributed by atoms with Crippen LogP contribution in [0.1, 0.15) is 29.8 Å². The predicted octanol–water partition coefficient (Wildman–Crippen LogP) is 3.79. The van der Waals surface area contributed by atoms with Gasteiger partial charge < -0.3 is 14.8 Å². The summed E-state index contributed by atoms with van der Waals surface area (Å²) < 4.78 is 10.5. The number of nitriles is 1. The molecule has 2 aromatic rings. The molecule has 0 saturated heterocycles. The molecule has 0 saturated carbocycles. The zero-order chi connectivity index (χ0) is 19.1. The Labute approximate surface area is 156 Å². The predicted molar refractivity (Wildman–Crippen MR) is 97.3 cm³/mol. The van der Waals surface area contributed by atoms with Crippen LogP contribution >= 0.6 is 11.6 Å². The second kappa shape index (κ2) is 8.88. The summed E-state index contributed by atoms with van der Waals surface area (Å²) in [7, 11) is 0. The van der Waals surface area contributed by atoms with Crippen molar-refractivity contribution in [2.45, 2.75) is 20.0 Å². The maximum absolute atomic E-state index is 12.3. The molecule has 1 amide bonds. The number of nitrogens with one attached hydrogen (secondary N) is 1. The van der Waals surface area contributed by atoms with Gasteiger partial charge in [-0.15, -0.1) is 0 Å². The number of nitrogens with zero attached hydrogens (tertiary/aromatic N) is 1. The Kier molecular flexibility index (Phi) is 6.59. The number of hydrogen-bond donors (Lipinski definition) is 1. The Hall–Kier alpha value is -3.04. The molecule has 0 heterocycles. The Morgan fingerprint density at radius 2 is 2.04 bits per heavy atom. The first-order valence-corrected chi connectivity index (χ1v) is 8.26. The number of hydrogen-bond acceptors (Lipinski definition) is 5. The van der Waals surface area contributed by atoms with Gasteiger partial charge in [-0.1, -0.05) is 17.7 Å². The second-order valence-corrected chi connectivity index (χ2v) is 5.71. The van der Waals surface area contributed by atoms with Gasteiger partial charge in [0.15, 0.2) is 6.10 Å². The van der Waals surface area contributed by atoms with Crippen LogP contribution in [-0.2, 0) is 9.53 Å². The number of esters is 1. The van der Waals surface area contributed by atoms with E-state index in [1.54, 1.807) is 38.1 Å². The van der Waals surface area contributed by atoms with E-state index in [0.29, 0.717) is 22.6 Å². The van der Waals surface area contributed by atoms with Crippen LogP contribution < -0.4 is 10.1 Å². The minimum atomic E-state index is -0.818. The molecule has 0 bridgehead atoms. The lowest BCUT2D eigenvalue weighted by Crippen LogP contribution is -2.30. The van der Waals surface area contributed by atoms with E-state index < -0.39 is 18.0 Å². The number of rotatable bonds is 6. The monoisotopic (exact) mass is 372 g/mol. The molecule has 0 unspecified atom stereocenters. The first-order valence-electron chi connectivity index (χ1n) is 7.89. The van der Waals surface area contributed by atoms with Crippen molar-refractivity contribution in [1.82, 2.24) is 0 Å². The molecule has 1 N–H and O–H groups in total. The third kappa shape index (κ3) is 4.98. The van der Waals surface area contributed by atoms with Crippen molar-refractivity contribution in [3.8, 4) is 11.8 Å². The molecule has 6 nitrogen and oxygen atoms in total. The summed E-state index contributed by atoms with van der Waals surface area (Å²) in [6, 6.07) is 12.9. The van der Waals surface area contributed by atoms with Gasteiger partial charge in [0.2, 0.25) is 0 Å². The highest BCUT2D eigenvalue weighted by molar-refractivity contribution is 6.32. The Balaban J connectivity index is 2.03. The average Bonchev–Trinajstić information content (AvgIpc) is 2.62. The lowest BCUT2D eigenvalue weighted by Gasteiger charge is -2.15. The van der Waals surface area contributed by atoms with Crippen LogP contribution in [-0.4, -0.2) is 24.6 Å². The molecule has 0 aromatic heterocycles. The van der Waals surface area contributed by atoms with E-state index in [9.17, 15) is 9.59 Å². The molecule has 26 heavy (non-hydrogen) atoms. The Bertz CT molecular complexity index is 861. The van der Waals surface area contributed by atoms with Crippen LogP contribution in [0.3, 0.4) is 0 Å².